The largest absolute Gasteiger partial charge is 0.198 e. The molecule has 0 saturated carbocycles. The van der Waals surface area contributed by atoms with Crippen LogP contribution >= 0.6 is 0 Å². The van der Waals surface area contributed by atoms with E-state index in [2.05, 4.69) is 77.9 Å². The standard InChI is InChI=1S/C18H27N/c1-13(2)17(12-19)15(4)18(5,6)14(3)16-10-8-7-9-11-16/h7-11,13-15,17H,1-6H3. The predicted octanol–water partition coefficient (Wildman–Crippen LogP) is 5.25. The molecule has 0 aromatic heterocycles. The van der Waals surface area contributed by atoms with Crippen molar-refractivity contribution in [2.24, 2.45) is 23.2 Å². The summed E-state index contributed by atoms with van der Waals surface area (Å²) in [6.07, 6.45) is 0. The average molecular weight is 257 g/mol. The van der Waals surface area contributed by atoms with Crippen molar-refractivity contribution < 1.29 is 0 Å². The van der Waals surface area contributed by atoms with Gasteiger partial charge in [0.1, 0.15) is 0 Å². The Kier molecular flexibility index (Phi) is 5.18. The van der Waals surface area contributed by atoms with E-state index in [-0.39, 0.29) is 11.3 Å². The normalized spacial score (nSPS) is 16.7. The van der Waals surface area contributed by atoms with Gasteiger partial charge in [-0.1, -0.05) is 71.9 Å². The first kappa shape index (κ1) is 15.8. The summed E-state index contributed by atoms with van der Waals surface area (Å²) in [5.74, 6) is 1.33. The lowest BCUT2D eigenvalue weighted by molar-refractivity contribution is 0.127. The number of nitriles is 1. The lowest BCUT2D eigenvalue weighted by atomic mass is 9.63. The minimum absolute atomic E-state index is 0.103. The summed E-state index contributed by atoms with van der Waals surface area (Å²) >= 11 is 0. The first-order chi connectivity index (χ1) is 8.82. The summed E-state index contributed by atoms with van der Waals surface area (Å²) in [5.41, 5.74) is 1.46. The van der Waals surface area contributed by atoms with Crippen LogP contribution in [0.4, 0.5) is 0 Å². The van der Waals surface area contributed by atoms with Crippen LogP contribution in [0.15, 0.2) is 30.3 Å². The highest BCUT2D eigenvalue weighted by Crippen LogP contribution is 2.45. The zero-order valence-corrected chi connectivity index (χ0v) is 13.1. The fourth-order valence-electron chi connectivity index (χ4n) is 2.87. The Labute approximate surface area is 118 Å². The zero-order chi connectivity index (χ0) is 14.6. The van der Waals surface area contributed by atoms with Crippen molar-refractivity contribution >= 4 is 0 Å². The van der Waals surface area contributed by atoms with Crippen molar-refractivity contribution in [1.29, 1.82) is 5.26 Å². The Morgan fingerprint density at radius 3 is 1.95 bits per heavy atom. The summed E-state index contributed by atoms with van der Waals surface area (Å²) in [6, 6.07) is 13.1. The van der Waals surface area contributed by atoms with Crippen LogP contribution in [0.5, 0.6) is 0 Å². The molecule has 1 aromatic carbocycles. The number of hydrogen-bond donors (Lipinski definition) is 0. The lowest BCUT2D eigenvalue weighted by Gasteiger charge is -2.41. The van der Waals surface area contributed by atoms with Gasteiger partial charge in [0.05, 0.1) is 12.0 Å². The van der Waals surface area contributed by atoms with E-state index < -0.39 is 0 Å². The van der Waals surface area contributed by atoms with Gasteiger partial charge in [-0.3, -0.25) is 0 Å². The highest BCUT2D eigenvalue weighted by molar-refractivity contribution is 5.21. The maximum Gasteiger partial charge on any atom is 0.0661 e. The molecule has 0 aliphatic heterocycles. The molecule has 3 unspecified atom stereocenters. The maximum absolute atomic E-state index is 9.43. The van der Waals surface area contributed by atoms with E-state index in [1.54, 1.807) is 0 Å². The number of rotatable bonds is 5. The van der Waals surface area contributed by atoms with E-state index in [4.69, 9.17) is 0 Å². The molecule has 3 atom stereocenters. The van der Waals surface area contributed by atoms with Crippen LogP contribution in [0.1, 0.15) is 53.0 Å². The van der Waals surface area contributed by atoms with Crippen LogP contribution in [-0.2, 0) is 0 Å². The van der Waals surface area contributed by atoms with Gasteiger partial charge in [-0.2, -0.15) is 5.26 Å². The maximum atomic E-state index is 9.43. The Balaban J connectivity index is 3.00. The minimum atomic E-state index is 0.103. The van der Waals surface area contributed by atoms with Crippen LogP contribution < -0.4 is 0 Å². The molecule has 1 rings (SSSR count). The van der Waals surface area contributed by atoms with E-state index in [9.17, 15) is 5.26 Å². The molecule has 19 heavy (non-hydrogen) atoms. The van der Waals surface area contributed by atoms with Crippen molar-refractivity contribution in [1.82, 2.24) is 0 Å². The van der Waals surface area contributed by atoms with Crippen LogP contribution in [0.3, 0.4) is 0 Å². The van der Waals surface area contributed by atoms with Crippen molar-refractivity contribution in [2.45, 2.75) is 47.5 Å². The van der Waals surface area contributed by atoms with E-state index in [0.29, 0.717) is 17.8 Å². The lowest BCUT2D eigenvalue weighted by Crippen LogP contribution is -2.34. The summed E-state index contributed by atoms with van der Waals surface area (Å²) in [6.45, 7) is 13.4. The summed E-state index contributed by atoms with van der Waals surface area (Å²) in [4.78, 5) is 0. The van der Waals surface area contributed by atoms with Gasteiger partial charge in [0, 0.05) is 0 Å². The molecule has 1 nitrogen and oxygen atoms in total. The molecular weight excluding hydrogens is 230 g/mol. The highest BCUT2D eigenvalue weighted by Gasteiger charge is 2.38. The minimum Gasteiger partial charge on any atom is -0.198 e. The molecule has 0 aliphatic carbocycles. The summed E-state index contributed by atoms with van der Waals surface area (Å²) < 4.78 is 0. The van der Waals surface area contributed by atoms with E-state index in [0.717, 1.165) is 0 Å². The van der Waals surface area contributed by atoms with Crippen LogP contribution in [0, 0.1) is 34.5 Å². The van der Waals surface area contributed by atoms with Gasteiger partial charge in [0.2, 0.25) is 0 Å². The van der Waals surface area contributed by atoms with E-state index in [1.165, 1.54) is 5.56 Å². The monoisotopic (exact) mass is 257 g/mol. The predicted molar refractivity (Wildman–Crippen MR) is 81.7 cm³/mol. The molecule has 0 N–H and O–H groups in total. The quantitative estimate of drug-likeness (QED) is 0.707. The Morgan fingerprint density at radius 2 is 1.53 bits per heavy atom. The molecule has 0 heterocycles. The Morgan fingerprint density at radius 1 is 1.00 bits per heavy atom. The van der Waals surface area contributed by atoms with Gasteiger partial charge in [-0.15, -0.1) is 0 Å². The number of hydrogen-bond acceptors (Lipinski definition) is 1. The Bertz CT molecular complexity index is 425. The second-order valence-electron chi connectivity index (χ2n) is 6.64. The van der Waals surface area contributed by atoms with Crippen molar-refractivity contribution in [2.75, 3.05) is 0 Å². The molecule has 0 spiro atoms. The Hall–Kier alpha value is -1.29. The van der Waals surface area contributed by atoms with Gasteiger partial charge in [-0.25, -0.2) is 0 Å². The third-order valence-corrected chi connectivity index (χ3v) is 5.00. The first-order valence-corrected chi connectivity index (χ1v) is 7.27. The molecule has 104 valence electrons. The second-order valence-corrected chi connectivity index (χ2v) is 6.64. The van der Waals surface area contributed by atoms with E-state index >= 15 is 0 Å². The smallest absolute Gasteiger partial charge is 0.0661 e. The SMILES string of the molecule is CC(C)C(C#N)C(C)C(C)(C)C(C)c1ccccc1. The van der Waals surface area contributed by atoms with Crippen LogP contribution in [0.2, 0.25) is 0 Å². The fourth-order valence-corrected chi connectivity index (χ4v) is 2.87. The van der Waals surface area contributed by atoms with Crippen molar-refractivity contribution in [3.05, 3.63) is 35.9 Å². The third-order valence-electron chi connectivity index (χ3n) is 5.00. The average Bonchev–Trinajstić information content (AvgIpc) is 2.39. The molecule has 0 bridgehead atoms. The molecule has 0 radical (unpaired) electrons. The third kappa shape index (κ3) is 3.38. The van der Waals surface area contributed by atoms with Gasteiger partial charge >= 0.3 is 0 Å². The zero-order valence-electron chi connectivity index (χ0n) is 13.1. The molecule has 1 aromatic rings. The van der Waals surface area contributed by atoms with Crippen molar-refractivity contribution in [3.63, 3.8) is 0 Å². The number of nitrogens with zero attached hydrogens (tertiary/aromatic N) is 1. The summed E-state index contributed by atoms with van der Waals surface area (Å²) in [7, 11) is 0. The first-order valence-electron chi connectivity index (χ1n) is 7.27. The van der Waals surface area contributed by atoms with Gasteiger partial charge < -0.3 is 0 Å². The van der Waals surface area contributed by atoms with Crippen LogP contribution in [-0.4, -0.2) is 0 Å². The topological polar surface area (TPSA) is 23.8 Å². The molecule has 0 aliphatic rings. The van der Waals surface area contributed by atoms with Crippen LogP contribution in [0.25, 0.3) is 0 Å². The molecule has 0 saturated heterocycles. The number of benzene rings is 1. The van der Waals surface area contributed by atoms with E-state index in [1.807, 2.05) is 0 Å². The highest BCUT2D eigenvalue weighted by atomic mass is 14.4. The summed E-state index contributed by atoms with van der Waals surface area (Å²) in [5, 5.41) is 9.43. The fraction of sp³-hybridized carbons (Fsp3) is 0.611. The van der Waals surface area contributed by atoms with Gasteiger partial charge in [0.25, 0.3) is 0 Å². The molecule has 0 amide bonds. The molecule has 0 fully saturated rings. The van der Waals surface area contributed by atoms with Gasteiger partial charge in [0.15, 0.2) is 0 Å². The van der Waals surface area contributed by atoms with Crippen molar-refractivity contribution in [3.8, 4) is 6.07 Å². The molecule has 1 heteroatoms. The molecular formula is C18H27N. The van der Waals surface area contributed by atoms with Gasteiger partial charge in [-0.05, 0) is 28.7 Å². The second kappa shape index (κ2) is 6.24.